The second-order valence-electron chi connectivity index (χ2n) is 6.87. The van der Waals surface area contributed by atoms with E-state index >= 15 is 0 Å². The van der Waals surface area contributed by atoms with Crippen LogP contribution in [0.5, 0.6) is 5.75 Å². The number of benzene rings is 2. The van der Waals surface area contributed by atoms with Gasteiger partial charge in [0.25, 0.3) is 5.91 Å². The average Bonchev–Trinajstić information content (AvgIpc) is 2.68. The van der Waals surface area contributed by atoms with Crippen LogP contribution in [0.15, 0.2) is 48.5 Å². The van der Waals surface area contributed by atoms with E-state index < -0.39 is 0 Å². The van der Waals surface area contributed by atoms with Gasteiger partial charge in [-0.2, -0.15) is 0 Å². The summed E-state index contributed by atoms with van der Waals surface area (Å²) in [5.41, 5.74) is 2.64. The van der Waals surface area contributed by atoms with E-state index in [4.69, 9.17) is 4.74 Å². The zero-order chi connectivity index (χ0) is 18.4. The maximum atomic E-state index is 12.0. The maximum Gasteiger partial charge on any atom is 0.262 e. The molecule has 1 N–H and O–H groups in total. The van der Waals surface area contributed by atoms with Crippen LogP contribution in [-0.2, 0) is 4.79 Å². The van der Waals surface area contributed by atoms with Gasteiger partial charge in [0.1, 0.15) is 5.75 Å². The van der Waals surface area contributed by atoms with E-state index in [9.17, 15) is 9.59 Å². The highest BCUT2D eigenvalue weighted by Gasteiger charge is 2.15. The fourth-order valence-electron chi connectivity index (χ4n) is 3.41. The number of anilines is 1. The molecule has 3 rings (SSSR count). The number of ether oxygens (including phenoxy) is 1. The molecule has 1 amide bonds. The standard InChI is InChI=1S/C22H25NO3/c1-16(24)17-7-11-20(12-8-17)23-22(25)15-26-21-13-9-19(10-14-21)18-5-3-2-4-6-18/h7-14,18H,2-6,15H2,1H3,(H,23,25). The molecule has 2 aromatic carbocycles. The summed E-state index contributed by atoms with van der Waals surface area (Å²) in [7, 11) is 0. The van der Waals surface area contributed by atoms with Crippen LogP contribution >= 0.6 is 0 Å². The molecule has 1 saturated carbocycles. The number of Topliss-reactive ketones (excluding diaryl/α,β-unsaturated/α-hetero) is 1. The minimum absolute atomic E-state index is 0.00267. The number of ketones is 1. The molecule has 0 aliphatic heterocycles. The minimum Gasteiger partial charge on any atom is -0.484 e. The molecule has 2 aromatic rings. The Morgan fingerprint density at radius 3 is 2.23 bits per heavy atom. The van der Waals surface area contributed by atoms with Crippen LogP contribution < -0.4 is 10.1 Å². The van der Waals surface area contributed by atoms with Crippen LogP contribution in [0, 0.1) is 0 Å². The van der Waals surface area contributed by atoms with Crippen LogP contribution in [0.25, 0.3) is 0 Å². The molecule has 0 spiro atoms. The lowest BCUT2D eigenvalue weighted by molar-refractivity contribution is -0.118. The molecule has 0 heterocycles. The van der Waals surface area contributed by atoms with Gasteiger partial charge < -0.3 is 10.1 Å². The Bertz CT molecular complexity index is 744. The predicted octanol–water partition coefficient (Wildman–Crippen LogP) is 4.95. The monoisotopic (exact) mass is 351 g/mol. The van der Waals surface area contributed by atoms with Crippen molar-refractivity contribution in [3.8, 4) is 5.75 Å². The first-order valence-electron chi connectivity index (χ1n) is 9.25. The van der Waals surface area contributed by atoms with E-state index in [1.807, 2.05) is 12.1 Å². The summed E-state index contributed by atoms with van der Waals surface area (Å²) in [6.07, 6.45) is 6.52. The lowest BCUT2D eigenvalue weighted by Gasteiger charge is -2.22. The molecule has 136 valence electrons. The van der Waals surface area contributed by atoms with Crippen LogP contribution in [-0.4, -0.2) is 18.3 Å². The number of carbonyl (C=O) groups excluding carboxylic acids is 2. The molecule has 1 aliphatic rings. The quantitative estimate of drug-likeness (QED) is 0.749. The van der Waals surface area contributed by atoms with E-state index in [0.29, 0.717) is 22.9 Å². The molecule has 1 aliphatic carbocycles. The highest BCUT2D eigenvalue weighted by Crippen LogP contribution is 2.33. The van der Waals surface area contributed by atoms with Crippen molar-refractivity contribution in [1.29, 1.82) is 0 Å². The summed E-state index contributed by atoms with van der Waals surface area (Å²) in [6, 6.07) is 14.9. The molecule has 1 fully saturated rings. The number of carbonyl (C=O) groups is 2. The first-order valence-corrected chi connectivity index (χ1v) is 9.25. The van der Waals surface area contributed by atoms with E-state index in [1.165, 1.54) is 44.6 Å². The zero-order valence-corrected chi connectivity index (χ0v) is 15.2. The lowest BCUT2D eigenvalue weighted by atomic mass is 9.84. The zero-order valence-electron chi connectivity index (χ0n) is 15.2. The number of hydrogen-bond donors (Lipinski definition) is 1. The third-order valence-corrected chi connectivity index (χ3v) is 4.90. The average molecular weight is 351 g/mol. The maximum absolute atomic E-state index is 12.0. The summed E-state index contributed by atoms with van der Waals surface area (Å²) >= 11 is 0. The van der Waals surface area contributed by atoms with Crippen molar-refractivity contribution in [1.82, 2.24) is 0 Å². The van der Waals surface area contributed by atoms with Crippen LogP contribution in [0.4, 0.5) is 5.69 Å². The number of nitrogens with one attached hydrogen (secondary N) is 1. The topological polar surface area (TPSA) is 55.4 Å². The van der Waals surface area contributed by atoms with Crippen molar-refractivity contribution >= 4 is 17.4 Å². The van der Waals surface area contributed by atoms with Gasteiger partial charge in [-0.05, 0) is 67.6 Å². The Morgan fingerprint density at radius 2 is 1.62 bits per heavy atom. The van der Waals surface area contributed by atoms with Crippen molar-refractivity contribution in [2.24, 2.45) is 0 Å². The van der Waals surface area contributed by atoms with E-state index in [1.54, 1.807) is 24.3 Å². The van der Waals surface area contributed by atoms with Gasteiger partial charge in [0, 0.05) is 11.3 Å². The summed E-state index contributed by atoms with van der Waals surface area (Å²) in [5.74, 6) is 1.14. The molecular formula is C22H25NO3. The molecule has 0 bridgehead atoms. The Hall–Kier alpha value is -2.62. The van der Waals surface area contributed by atoms with Gasteiger partial charge >= 0.3 is 0 Å². The third kappa shape index (κ3) is 4.94. The second-order valence-corrected chi connectivity index (χ2v) is 6.87. The molecule has 0 radical (unpaired) electrons. The van der Waals surface area contributed by atoms with Gasteiger partial charge in [-0.15, -0.1) is 0 Å². The van der Waals surface area contributed by atoms with Crippen molar-refractivity contribution < 1.29 is 14.3 Å². The van der Waals surface area contributed by atoms with Crippen LogP contribution in [0.2, 0.25) is 0 Å². The number of hydrogen-bond acceptors (Lipinski definition) is 3. The fourth-order valence-corrected chi connectivity index (χ4v) is 3.41. The van der Waals surface area contributed by atoms with Gasteiger partial charge in [-0.1, -0.05) is 31.4 Å². The van der Waals surface area contributed by atoms with Gasteiger partial charge in [-0.3, -0.25) is 9.59 Å². The van der Waals surface area contributed by atoms with Crippen molar-refractivity contribution in [2.45, 2.75) is 44.9 Å². The highest BCUT2D eigenvalue weighted by atomic mass is 16.5. The normalized spacial score (nSPS) is 14.7. The molecule has 4 heteroatoms. The van der Waals surface area contributed by atoms with Crippen LogP contribution in [0.3, 0.4) is 0 Å². The molecule has 4 nitrogen and oxygen atoms in total. The smallest absolute Gasteiger partial charge is 0.262 e. The molecular weight excluding hydrogens is 326 g/mol. The number of rotatable bonds is 6. The van der Waals surface area contributed by atoms with Crippen molar-refractivity contribution in [3.05, 3.63) is 59.7 Å². The SMILES string of the molecule is CC(=O)c1ccc(NC(=O)COc2ccc(C3CCCCC3)cc2)cc1. The Morgan fingerprint density at radius 1 is 0.962 bits per heavy atom. The Balaban J connectivity index is 1.48. The molecule has 0 aromatic heterocycles. The second kappa shape index (κ2) is 8.65. The number of amides is 1. The summed E-state index contributed by atoms with van der Waals surface area (Å²) in [4.78, 5) is 23.3. The van der Waals surface area contributed by atoms with Gasteiger partial charge in [0.2, 0.25) is 0 Å². The molecule has 0 atom stereocenters. The third-order valence-electron chi connectivity index (χ3n) is 4.90. The van der Waals surface area contributed by atoms with Gasteiger partial charge in [0.15, 0.2) is 12.4 Å². The fraction of sp³-hybridized carbons (Fsp3) is 0.364. The van der Waals surface area contributed by atoms with Gasteiger partial charge in [-0.25, -0.2) is 0 Å². The Labute approximate surface area is 154 Å². The Kier molecular flexibility index (Phi) is 6.05. The first-order chi connectivity index (χ1) is 12.6. The molecule has 0 saturated heterocycles. The largest absolute Gasteiger partial charge is 0.484 e. The predicted molar refractivity (Wildman–Crippen MR) is 103 cm³/mol. The summed E-state index contributed by atoms with van der Waals surface area (Å²) in [5, 5.41) is 2.77. The van der Waals surface area contributed by atoms with Crippen molar-refractivity contribution in [2.75, 3.05) is 11.9 Å². The first kappa shape index (κ1) is 18.2. The minimum atomic E-state index is -0.225. The van der Waals surface area contributed by atoms with Crippen molar-refractivity contribution in [3.63, 3.8) is 0 Å². The van der Waals surface area contributed by atoms with Gasteiger partial charge in [0.05, 0.1) is 0 Å². The van der Waals surface area contributed by atoms with Crippen LogP contribution in [0.1, 0.15) is 60.9 Å². The highest BCUT2D eigenvalue weighted by molar-refractivity contribution is 5.95. The lowest BCUT2D eigenvalue weighted by Crippen LogP contribution is -2.20. The van der Waals surface area contributed by atoms with E-state index in [-0.39, 0.29) is 18.3 Å². The van der Waals surface area contributed by atoms with E-state index in [0.717, 1.165) is 0 Å². The summed E-state index contributed by atoms with van der Waals surface area (Å²) < 4.78 is 5.58. The molecule has 0 unspecified atom stereocenters. The molecule has 26 heavy (non-hydrogen) atoms. The summed E-state index contributed by atoms with van der Waals surface area (Å²) in [6.45, 7) is 1.47. The van der Waals surface area contributed by atoms with E-state index in [2.05, 4.69) is 17.4 Å².